The molecule has 3 rings (SSSR count). The third-order valence-corrected chi connectivity index (χ3v) is 3.93. The number of nitrogens with two attached hydrogens (primary N) is 1. The minimum Gasteiger partial charge on any atom is -0.383 e. The minimum absolute atomic E-state index is 0.00127. The molecule has 2 N–H and O–H groups in total. The van der Waals surface area contributed by atoms with Crippen LogP contribution in [0.3, 0.4) is 0 Å². The highest BCUT2D eigenvalue weighted by atomic mass is 32.2. The van der Waals surface area contributed by atoms with Crippen LogP contribution in [0.4, 0.5) is 11.6 Å². The lowest BCUT2D eigenvalue weighted by molar-refractivity contribution is 0.0394. The van der Waals surface area contributed by atoms with Crippen LogP contribution in [0.1, 0.15) is 11.7 Å². The Morgan fingerprint density at radius 3 is 3.00 bits per heavy atom. The lowest BCUT2D eigenvalue weighted by Gasteiger charge is -2.33. The summed E-state index contributed by atoms with van der Waals surface area (Å²) in [6.45, 7) is 2.18. The second-order valence-corrected chi connectivity index (χ2v) is 5.66. The van der Waals surface area contributed by atoms with Crippen LogP contribution in [0.25, 0.3) is 0 Å². The molecule has 0 saturated carbocycles. The summed E-state index contributed by atoms with van der Waals surface area (Å²) in [5, 5.41) is 4.89. The molecule has 0 radical (unpaired) electrons. The number of thioether (sulfide) groups is 1. The molecule has 0 spiro atoms. The van der Waals surface area contributed by atoms with Crippen LogP contribution >= 0.6 is 11.8 Å². The van der Waals surface area contributed by atoms with Crippen LogP contribution < -0.4 is 10.6 Å². The number of nitrogen functional groups attached to an aromatic ring is 1. The third kappa shape index (κ3) is 3.11. The lowest BCUT2D eigenvalue weighted by Crippen LogP contribution is -2.39. The lowest BCUT2D eigenvalue weighted by atomic mass is 10.1. The van der Waals surface area contributed by atoms with Gasteiger partial charge in [0.05, 0.1) is 12.8 Å². The Morgan fingerprint density at radius 2 is 2.29 bits per heavy atom. The number of rotatable bonds is 3. The van der Waals surface area contributed by atoms with E-state index in [9.17, 15) is 0 Å². The van der Waals surface area contributed by atoms with E-state index in [1.165, 1.54) is 11.8 Å². The molecule has 21 heavy (non-hydrogen) atoms. The molecule has 0 bridgehead atoms. The van der Waals surface area contributed by atoms with Gasteiger partial charge in [-0.3, -0.25) is 4.68 Å². The molecule has 2 aromatic rings. The number of ether oxygens (including phenoxy) is 1. The average Bonchev–Trinajstić information content (AvgIpc) is 2.93. The van der Waals surface area contributed by atoms with Crippen molar-refractivity contribution in [2.45, 2.75) is 11.3 Å². The van der Waals surface area contributed by atoms with E-state index in [1.807, 2.05) is 31.8 Å². The van der Waals surface area contributed by atoms with Gasteiger partial charge in [-0.1, -0.05) is 11.8 Å². The van der Waals surface area contributed by atoms with E-state index in [1.54, 1.807) is 4.68 Å². The van der Waals surface area contributed by atoms with Crippen LogP contribution in [-0.2, 0) is 11.8 Å². The molecule has 2 aromatic heterocycles. The number of anilines is 2. The summed E-state index contributed by atoms with van der Waals surface area (Å²) < 4.78 is 7.62. The molecule has 3 heterocycles. The summed E-state index contributed by atoms with van der Waals surface area (Å²) in [6, 6.07) is 1.81. The molecule has 0 aromatic carbocycles. The van der Waals surface area contributed by atoms with Gasteiger partial charge in [-0.25, -0.2) is 9.97 Å². The van der Waals surface area contributed by atoms with Gasteiger partial charge in [-0.15, -0.1) is 0 Å². The molecule has 0 aliphatic carbocycles. The molecule has 8 heteroatoms. The van der Waals surface area contributed by atoms with Crippen LogP contribution in [-0.4, -0.2) is 45.7 Å². The summed E-state index contributed by atoms with van der Waals surface area (Å²) in [5.41, 5.74) is 6.93. The fourth-order valence-corrected chi connectivity index (χ4v) is 2.73. The first-order chi connectivity index (χ1) is 10.2. The molecule has 1 aliphatic heterocycles. The van der Waals surface area contributed by atoms with Gasteiger partial charge in [-0.05, 0) is 6.26 Å². The maximum atomic E-state index is 5.86. The van der Waals surface area contributed by atoms with Crippen molar-refractivity contribution in [1.29, 1.82) is 0 Å². The molecule has 0 amide bonds. The molecule has 1 saturated heterocycles. The molecule has 1 unspecified atom stereocenters. The fourth-order valence-electron chi connectivity index (χ4n) is 2.35. The largest absolute Gasteiger partial charge is 0.383 e. The predicted octanol–water partition coefficient (Wildman–Crippen LogP) is 1.09. The van der Waals surface area contributed by atoms with Crippen molar-refractivity contribution >= 4 is 23.4 Å². The fraction of sp³-hybridized carbons (Fsp3) is 0.462. The Labute approximate surface area is 127 Å². The molecule has 1 fully saturated rings. The first-order valence-corrected chi connectivity index (χ1v) is 7.92. The summed E-state index contributed by atoms with van der Waals surface area (Å²) in [7, 11) is 1.90. The number of aromatic nitrogens is 4. The zero-order valence-corrected chi connectivity index (χ0v) is 12.9. The SMILES string of the molecule is CSc1nc(N)cc(N2CCOC(c3cnn(C)c3)C2)n1. The first-order valence-electron chi connectivity index (χ1n) is 6.69. The van der Waals surface area contributed by atoms with E-state index in [2.05, 4.69) is 20.0 Å². The number of hydrogen-bond acceptors (Lipinski definition) is 7. The molecular weight excluding hydrogens is 288 g/mol. The smallest absolute Gasteiger partial charge is 0.191 e. The summed E-state index contributed by atoms with van der Waals surface area (Å²) in [6.07, 6.45) is 5.77. The number of nitrogens with zero attached hydrogens (tertiary/aromatic N) is 5. The van der Waals surface area contributed by atoms with E-state index in [-0.39, 0.29) is 6.10 Å². The Bertz CT molecular complexity index is 631. The van der Waals surface area contributed by atoms with Crippen LogP contribution in [0, 0.1) is 0 Å². The normalized spacial score (nSPS) is 19.0. The zero-order valence-electron chi connectivity index (χ0n) is 12.1. The quantitative estimate of drug-likeness (QED) is 0.671. The Balaban J connectivity index is 1.81. The van der Waals surface area contributed by atoms with E-state index < -0.39 is 0 Å². The maximum absolute atomic E-state index is 5.86. The van der Waals surface area contributed by atoms with Gasteiger partial charge in [-0.2, -0.15) is 5.10 Å². The molecule has 7 nitrogen and oxygen atoms in total. The van der Waals surface area contributed by atoms with Gasteiger partial charge in [0.25, 0.3) is 0 Å². The van der Waals surface area contributed by atoms with Gasteiger partial charge in [0, 0.05) is 38.0 Å². The Hall–Kier alpha value is -1.80. The number of aryl methyl sites for hydroxylation is 1. The summed E-state index contributed by atoms with van der Waals surface area (Å²) in [4.78, 5) is 10.9. The predicted molar refractivity (Wildman–Crippen MR) is 82.3 cm³/mol. The summed E-state index contributed by atoms with van der Waals surface area (Å²) in [5.74, 6) is 1.35. The Kier molecular flexibility index (Phi) is 3.98. The van der Waals surface area contributed by atoms with Gasteiger partial charge < -0.3 is 15.4 Å². The van der Waals surface area contributed by atoms with Crippen LogP contribution in [0.15, 0.2) is 23.6 Å². The topological polar surface area (TPSA) is 82.1 Å². The van der Waals surface area contributed by atoms with Crippen LogP contribution in [0.2, 0.25) is 0 Å². The maximum Gasteiger partial charge on any atom is 0.191 e. The first kappa shape index (κ1) is 14.2. The molecular formula is C13H18N6OS. The second-order valence-electron chi connectivity index (χ2n) is 4.89. The number of hydrogen-bond donors (Lipinski definition) is 1. The van der Waals surface area contributed by atoms with E-state index in [0.29, 0.717) is 17.6 Å². The van der Waals surface area contributed by atoms with Crippen LogP contribution in [0.5, 0.6) is 0 Å². The third-order valence-electron chi connectivity index (χ3n) is 3.38. The summed E-state index contributed by atoms with van der Waals surface area (Å²) >= 11 is 1.49. The standard InChI is InChI=1S/C13H18N6OS/c1-18-7-9(6-15-18)10-8-19(3-4-20-10)12-5-11(14)16-13(17-12)21-2/h5-7,10H,3-4,8H2,1-2H3,(H2,14,16,17). The second kappa shape index (κ2) is 5.90. The molecule has 112 valence electrons. The minimum atomic E-state index is 0.00127. The van der Waals surface area contributed by atoms with E-state index in [0.717, 1.165) is 24.5 Å². The van der Waals surface area contributed by atoms with Crippen molar-refractivity contribution in [2.24, 2.45) is 7.05 Å². The van der Waals surface area contributed by atoms with Gasteiger partial charge in [0.15, 0.2) is 5.16 Å². The van der Waals surface area contributed by atoms with Crippen molar-refractivity contribution in [3.8, 4) is 0 Å². The highest BCUT2D eigenvalue weighted by molar-refractivity contribution is 7.98. The van der Waals surface area contributed by atoms with Gasteiger partial charge in [0.2, 0.25) is 0 Å². The molecule has 1 atom stereocenters. The van der Waals surface area contributed by atoms with Crippen molar-refractivity contribution in [3.63, 3.8) is 0 Å². The zero-order chi connectivity index (χ0) is 14.8. The monoisotopic (exact) mass is 306 g/mol. The molecule has 1 aliphatic rings. The van der Waals surface area contributed by atoms with E-state index in [4.69, 9.17) is 10.5 Å². The van der Waals surface area contributed by atoms with Crippen molar-refractivity contribution in [1.82, 2.24) is 19.7 Å². The van der Waals surface area contributed by atoms with Crippen molar-refractivity contribution in [3.05, 3.63) is 24.0 Å². The highest BCUT2D eigenvalue weighted by Gasteiger charge is 2.24. The van der Waals surface area contributed by atoms with Gasteiger partial charge in [0.1, 0.15) is 17.7 Å². The van der Waals surface area contributed by atoms with E-state index >= 15 is 0 Å². The highest BCUT2D eigenvalue weighted by Crippen LogP contribution is 2.26. The van der Waals surface area contributed by atoms with Gasteiger partial charge >= 0.3 is 0 Å². The Morgan fingerprint density at radius 1 is 1.43 bits per heavy atom. The number of morpholine rings is 1. The van der Waals surface area contributed by atoms with Crippen molar-refractivity contribution in [2.75, 3.05) is 36.6 Å². The average molecular weight is 306 g/mol. The van der Waals surface area contributed by atoms with Crippen molar-refractivity contribution < 1.29 is 4.74 Å².